The summed E-state index contributed by atoms with van der Waals surface area (Å²) in [6.07, 6.45) is 0.813. The molecule has 21 heavy (non-hydrogen) atoms. The standard InChI is InChI=1S/C17H29N3O/c1-12(2)15(18)10-11-20(4)17(21)13(3)16(19)14-8-6-5-7-9-14/h5-9,12-13,15-16H,10-11,18-19H2,1-4H3. The smallest absolute Gasteiger partial charge is 0.227 e. The van der Waals surface area contributed by atoms with Crippen molar-refractivity contribution in [1.82, 2.24) is 4.90 Å². The molecule has 0 heterocycles. The third-order valence-electron chi connectivity index (χ3n) is 4.14. The maximum Gasteiger partial charge on any atom is 0.227 e. The molecule has 1 rings (SSSR count). The highest BCUT2D eigenvalue weighted by atomic mass is 16.2. The molecule has 3 atom stereocenters. The highest BCUT2D eigenvalue weighted by Gasteiger charge is 2.25. The van der Waals surface area contributed by atoms with E-state index in [4.69, 9.17) is 11.5 Å². The molecule has 4 heteroatoms. The third-order valence-corrected chi connectivity index (χ3v) is 4.14. The van der Waals surface area contributed by atoms with Gasteiger partial charge in [0, 0.05) is 25.7 Å². The van der Waals surface area contributed by atoms with Gasteiger partial charge in [-0.1, -0.05) is 51.1 Å². The average molecular weight is 291 g/mol. The molecule has 0 aliphatic heterocycles. The summed E-state index contributed by atoms with van der Waals surface area (Å²) in [5.41, 5.74) is 13.2. The van der Waals surface area contributed by atoms with Gasteiger partial charge in [0.1, 0.15) is 0 Å². The van der Waals surface area contributed by atoms with E-state index in [2.05, 4.69) is 13.8 Å². The molecule has 0 aliphatic carbocycles. The van der Waals surface area contributed by atoms with Crippen molar-refractivity contribution in [2.75, 3.05) is 13.6 Å². The second kappa shape index (κ2) is 8.15. The van der Waals surface area contributed by atoms with Gasteiger partial charge >= 0.3 is 0 Å². The Kier molecular flexibility index (Phi) is 6.85. The van der Waals surface area contributed by atoms with E-state index in [0.717, 1.165) is 12.0 Å². The van der Waals surface area contributed by atoms with Gasteiger partial charge in [0.25, 0.3) is 0 Å². The van der Waals surface area contributed by atoms with E-state index < -0.39 is 0 Å². The van der Waals surface area contributed by atoms with Crippen molar-refractivity contribution in [3.05, 3.63) is 35.9 Å². The molecule has 0 saturated carbocycles. The van der Waals surface area contributed by atoms with Crippen LogP contribution in [0.2, 0.25) is 0 Å². The van der Waals surface area contributed by atoms with Crippen LogP contribution >= 0.6 is 0 Å². The molecule has 1 aromatic rings. The first-order chi connectivity index (χ1) is 9.84. The maximum atomic E-state index is 12.4. The SMILES string of the molecule is CC(C)C(N)CCN(C)C(=O)C(C)C(N)c1ccccc1. The number of benzene rings is 1. The molecule has 3 unspecified atom stereocenters. The Hall–Kier alpha value is -1.39. The Morgan fingerprint density at radius 2 is 1.71 bits per heavy atom. The summed E-state index contributed by atoms with van der Waals surface area (Å²) in [6, 6.07) is 9.60. The van der Waals surface area contributed by atoms with Gasteiger partial charge in [-0.25, -0.2) is 0 Å². The molecule has 1 amide bonds. The van der Waals surface area contributed by atoms with Gasteiger partial charge in [-0.15, -0.1) is 0 Å². The number of nitrogens with two attached hydrogens (primary N) is 2. The fourth-order valence-corrected chi connectivity index (χ4v) is 2.25. The van der Waals surface area contributed by atoms with Gasteiger partial charge in [0.15, 0.2) is 0 Å². The van der Waals surface area contributed by atoms with E-state index in [9.17, 15) is 4.79 Å². The Morgan fingerprint density at radius 3 is 2.24 bits per heavy atom. The predicted octanol–water partition coefficient (Wildman–Crippen LogP) is 2.15. The lowest BCUT2D eigenvalue weighted by molar-refractivity contribution is -0.134. The fraction of sp³-hybridized carbons (Fsp3) is 0.588. The number of rotatable bonds is 7. The quantitative estimate of drug-likeness (QED) is 0.808. The highest BCUT2D eigenvalue weighted by molar-refractivity contribution is 5.79. The molecular weight excluding hydrogens is 262 g/mol. The van der Waals surface area contributed by atoms with E-state index in [1.54, 1.807) is 4.90 Å². The number of amides is 1. The Bertz CT molecular complexity index is 433. The van der Waals surface area contributed by atoms with Crippen molar-refractivity contribution in [2.45, 2.75) is 39.3 Å². The number of carbonyl (C=O) groups excluding carboxylic acids is 1. The summed E-state index contributed by atoms with van der Waals surface area (Å²) in [5, 5.41) is 0. The van der Waals surface area contributed by atoms with Crippen LogP contribution in [0.4, 0.5) is 0 Å². The lowest BCUT2D eigenvalue weighted by Gasteiger charge is -2.27. The molecule has 0 radical (unpaired) electrons. The summed E-state index contributed by atoms with van der Waals surface area (Å²) >= 11 is 0. The van der Waals surface area contributed by atoms with Crippen LogP contribution in [-0.4, -0.2) is 30.4 Å². The van der Waals surface area contributed by atoms with Crippen LogP contribution in [0.15, 0.2) is 30.3 Å². The van der Waals surface area contributed by atoms with Gasteiger partial charge in [0.2, 0.25) is 5.91 Å². The third kappa shape index (κ3) is 5.14. The van der Waals surface area contributed by atoms with E-state index >= 15 is 0 Å². The van der Waals surface area contributed by atoms with Crippen molar-refractivity contribution in [3.8, 4) is 0 Å². The van der Waals surface area contributed by atoms with Crippen LogP contribution < -0.4 is 11.5 Å². The first-order valence-electron chi connectivity index (χ1n) is 7.65. The molecule has 4 nitrogen and oxygen atoms in total. The Labute approximate surface area is 128 Å². The van der Waals surface area contributed by atoms with Crippen molar-refractivity contribution in [3.63, 3.8) is 0 Å². The average Bonchev–Trinajstić information content (AvgIpc) is 2.50. The number of nitrogens with zero attached hydrogens (tertiary/aromatic N) is 1. The molecule has 0 spiro atoms. The zero-order valence-electron chi connectivity index (χ0n) is 13.6. The van der Waals surface area contributed by atoms with Crippen LogP contribution in [0, 0.1) is 11.8 Å². The van der Waals surface area contributed by atoms with Crippen molar-refractivity contribution in [2.24, 2.45) is 23.3 Å². The van der Waals surface area contributed by atoms with Crippen molar-refractivity contribution >= 4 is 5.91 Å². The molecule has 0 aliphatic rings. The van der Waals surface area contributed by atoms with Crippen molar-refractivity contribution in [1.29, 1.82) is 0 Å². The molecular formula is C17H29N3O. The first kappa shape index (κ1) is 17.7. The molecule has 0 bridgehead atoms. The largest absolute Gasteiger partial charge is 0.345 e. The van der Waals surface area contributed by atoms with Crippen LogP contribution in [0.5, 0.6) is 0 Å². The molecule has 0 saturated heterocycles. The second-order valence-electron chi connectivity index (χ2n) is 6.18. The molecule has 0 aromatic heterocycles. The zero-order valence-corrected chi connectivity index (χ0v) is 13.6. The van der Waals surface area contributed by atoms with Gasteiger partial charge in [0.05, 0.1) is 5.92 Å². The Balaban J connectivity index is 2.57. The topological polar surface area (TPSA) is 72.3 Å². The lowest BCUT2D eigenvalue weighted by atomic mass is 9.94. The zero-order chi connectivity index (χ0) is 16.0. The lowest BCUT2D eigenvalue weighted by Crippen LogP contribution is -2.39. The molecule has 1 aromatic carbocycles. The van der Waals surface area contributed by atoms with E-state index in [1.165, 1.54) is 0 Å². The maximum absolute atomic E-state index is 12.4. The van der Waals surface area contributed by atoms with Gasteiger partial charge in [-0.2, -0.15) is 0 Å². The normalized spacial score (nSPS) is 15.6. The Morgan fingerprint density at radius 1 is 1.14 bits per heavy atom. The van der Waals surface area contributed by atoms with Crippen LogP contribution in [0.25, 0.3) is 0 Å². The second-order valence-corrected chi connectivity index (χ2v) is 6.18. The van der Waals surface area contributed by atoms with E-state index in [0.29, 0.717) is 12.5 Å². The number of hydrogen-bond donors (Lipinski definition) is 2. The molecule has 0 fully saturated rings. The van der Waals surface area contributed by atoms with Gasteiger partial charge < -0.3 is 16.4 Å². The van der Waals surface area contributed by atoms with Crippen LogP contribution in [0.3, 0.4) is 0 Å². The summed E-state index contributed by atoms with van der Waals surface area (Å²) in [6.45, 7) is 6.75. The summed E-state index contributed by atoms with van der Waals surface area (Å²) in [5.74, 6) is 0.257. The number of hydrogen-bond acceptors (Lipinski definition) is 3. The van der Waals surface area contributed by atoms with Gasteiger partial charge in [-0.3, -0.25) is 4.79 Å². The van der Waals surface area contributed by atoms with Gasteiger partial charge in [-0.05, 0) is 17.9 Å². The van der Waals surface area contributed by atoms with E-state index in [-0.39, 0.29) is 23.9 Å². The minimum absolute atomic E-state index is 0.0716. The highest BCUT2D eigenvalue weighted by Crippen LogP contribution is 2.20. The van der Waals surface area contributed by atoms with E-state index in [1.807, 2.05) is 44.3 Å². The van der Waals surface area contributed by atoms with Crippen LogP contribution in [-0.2, 0) is 4.79 Å². The molecule has 4 N–H and O–H groups in total. The summed E-state index contributed by atoms with van der Waals surface area (Å²) < 4.78 is 0. The minimum atomic E-state index is -0.278. The minimum Gasteiger partial charge on any atom is -0.345 e. The first-order valence-corrected chi connectivity index (χ1v) is 7.65. The fourth-order valence-electron chi connectivity index (χ4n) is 2.25. The van der Waals surface area contributed by atoms with Crippen LogP contribution in [0.1, 0.15) is 38.8 Å². The number of carbonyl (C=O) groups is 1. The summed E-state index contributed by atoms with van der Waals surface area (Å²) in [7, 11) is 1.82. The molecule has 118 valence electrons. The monoisotopic (exact) mass is 291 g/mol. The summed E-state index contributed by atoms with van der Waals surface area (Å²) in [4.78, 5) is 14.2. The van der Waals surface area contributed by atoms with Crippen molar-refractivity contribution < 1.29 is 4.79 Å². The predicted molar refractivity (Wildman–Crippen MR) is 87.6 cm³/mol.